The fourth-order valence-corrected chi connectivity index (χ4v) is 1.90. The van der Waals surface area contributed by atoms with E-state index >= 15 is 0 Å². The van der Waals surface area contributed by atoms with Crippen molar-refractivity contribution >= 4 is 10.2 Å². The molecule has 0 amide bonds. The van der Waals surface area contributed by atoms with E-state index in [0.29, 0.717) is 18.8 Å². The molecule has 1 aromatic heterocycles. The predicted octanol–water partition coefficient (Wildman–Crippen LogP) is 0.161. The number of rotatable bonds is 3. The van der Waals surface area contributed by atoms with E-state index in [9.17, 15) is 12.3 Å². The molecule has 78 valence electrons. The lowest BCUT2D eigenvalue weighted by Crippen LogP contribution is -2.40. The lowest BCUT2D eigenvalue weighted by molar-refractivity contribution is 0.366. The molecule has 5 nitrogen and oxygen atoms in total. The van der Waals surface area contributed by atoms with Crippen LogP contribution in [0.4, 0.5) is 3.89 Å². The van der Waals surface area contributed by atoms with Crippen molar-refractivity contribution in [1.29, 1.82) is 0 Å². The van der Waals surface area contributed by atoms with Gasteiger partial charge in [-0.05, 0) is 0 Å². The zero-order chi connectivity index (χ0) is 10.2. The van der Waals surface area contributed by atoms with Crippen LogP contribution in [0.3, 0.4) is 0 Å². The molecular weight excluding hydrogens is 211 g/mol. The zero-order valence-corrected chi connectivity index (χ0v) is 8.05. The molecule has 0 saturated carbocycles. The van der Waals surface area contributed by atoms with Gasteiger partial charge < -0.3 is 9.73 Å². The van der Waals surface area contributed by atoms with E-state index in [1.165, 1.54) is 0 Å². The van der Waals surface area contributed by atoms with Crippen LogP contribution in [0.1, 0.15) is 17.4 Å². The maximum atomic E-state index is 12.4. The highest BCUT2D eigenvalue weighted by Gasteiger charge is 2.27. The molecule has 1 aromatic rings. The van der Waals surface area contributed by atoms with Crippen LogP contribution in [0.25, 0.3) is 0 Å². The molecule has 1 saturated heterocycles. The minimum Gasteiger partial charge on any atom is -0.448 e. The van der Waals surface area contributed by atoms with Gasteiger partial charge in [-0.3, -0.25) is 0 Å². The standard InChI is InChI=1S/C7H9FN2O3S/c8-14(11,12)3-6-7(13-4-10-6)5-1-9-2-5/h4-5,9H,1-3H2. The van der Waals surface area contributed by atoms with E-state index in [0.717, 1.165) is 6.39 Å². The molecular formula is C7H9FN2O3S. The number of nitrogens with one attached hydrogen (secondary N) is 1. The Kier molecular flexibility index (Phi) is 2.28. The molecule has 2 heterocycles. The van der Waals surface area contributed by atoms with Crippen LogP contribution in [-0.4, -0.2) is 26.5 Å². The number of oxazole rings is 1. The Morgan fingerprint density at radius 3 is 2.86 bits per heavy atom. The van der Waals surface area contributed by atoms with Crippen LogP contribution in [0.5, 0.6) is 0 Å². The number of halogens is 1. The second-order valence-electron chi connectivity index (χ2n) is 3.20. The van der Waals surface area contributed by atoms with Gasteiger partial charge >= 0.3 is 10.2 Å². The zero-order valence-electron chi connectivity index (χ0n) is 7.23. The predicted molar refractivity (Wildman–Crippen MR) is 45.8 cm³/mol. The molecule has 1 aliphatic heterocycles. The lowest BCUT2D eigenvalue weighted by Gasteiger charge is -2.25. The highest BCUT2D eigenvalue weighted by atomic mass is 32.3. The van der Waals surface area contributed by atoms with Crippen molar-refractivity contribution in [2.75, 3.05) is 13.1 Å². The fraction of sp³-hybridized carbons (Fsp3) is 0.571. The first-order valence-electron chi connectivity index (χ1n) is 4.11. The van der Waals surface area contributed by atoms with Crippen molar-refractivity contribution < 1.29 is 16.7 Å². The van der Waals surface area contributed by atoms with E-state index in [1.807, 2.05) is 0 Å². The van der Waals surface area contributed by atoms with E-state index in [2.05, 4.69) is 10.3 Å². The van der Waals surface area contributed by atoms with E-state index in [4.69, 9.17) is 4.42 Å². The second-order valence-corrected chi connectivity index (χ2v) is 4.57. The molecule has 0 bridgehead atoms. The van der Waals surface area contributed by atoms with Crippen LogP contribution in [-0.2, 0) is 16.0 Å². The third kappa shape index (κ3) is 1.93. The minimum atomic E-state index is -4.53. The maximum absolute atomic E-state index is 12.4. The average molecular weight is 220 g/mol. The maximum Gasteiger partial charge on any atom is 0.308 e. The first-order valence-corrected chi connectivity index (χ1v) is 5.67. The minimum absolute atomic E-state index is 0.120. The monoisotopic (exact) mass is 220 g/mol. The Balaban J connectivity index is 2.21. The molecule has 7 heteroatoms. The Morgan fingerprint density at radius 2 is 2.36 bits per heavy atom. The highest BCUT2D eigenvalue weighted by molar-refractivity contribution is 7.85. The molecule has 0 atom stereocenters. The SMILES string of the molecule is O=S(=O)(F)Cc1ncoc1C1CNC1. The van der Waals surface area contributed by atoms with Crippen molar-refractivity contribution in [1.82, 2.24) is 10.3 Å². The van der Waals surface area contributed by atoms with Gasteiger partial charge in [0.2, 0.25) is 0 Å². The summed E-state index contributed by atoms with van der Waals surface area (Å²) in [5, 5.41) is 3.01. The molecule has 0 unspecified atom stereocenters. The van der Waals surface area contributed by atoms with Crippen LogP contribution >= 0.6 is 0 Å². The number of aromatic nitrogens is 1. The van der Waals surface area contributed by atoms with Gasteiger partial charge in [0, 0.05) is 19.0 Å². The van der Waals surface area contributed by atoms with E-state index in [-0.39, 0.29) is 11.6 Å². The topological polar surface area (TPSA) is 72.2 Å². The van der Waals surface area contributed by atoms with Crippen LogP contribution in [0, 0.1) is 0 Å². The summed E-state index contributed by atoms with van der Waals surface area (Å²) in [7, 11) is -4.53. The highest BCUT2D eigenvalue weighted by Crippen LogP contribution is 2.24. The van der Waals surface area contributed by atoms with E-state index in [1.54, 1.807) is 0 Å². The normalized spacial score (nSPS) is 18.1. The van der Waals surface area contributed by atoms with Gasteiger partial charge in [-0.1, -0.05) is 0 Å². The summed E-state index contributed by atoms with van der Waals surface area (Å²) in [6.45, 7) is 1.43. The van der Waals surface area contributed by atoms with Gasteiger partial charge in [0.25, 0.3) is 0 Å². The van der Waals surface area contributed by atoms with Gasteiger partial charge in [-0.15, -0.1) is 3.89 Å². The van der Waals surface area contributed by atoms with Gasteiger partial charge in [0.15, 0.2) is 6.39 Å². The fourth-order valence-electron chi connectivity index (χ4n) is 1.36. The molecule has 2 rings (SSSR count). The lowest BCUT2D eigenvalue weighted by atomic mass is 9.99. The van der Waals surface area contributed by atoms with Crippen LogP contribution in [0.15, 0.2) is 10.8 Å². The molecule has 0 aromatic carbocycles. The summed E-state index contributed by atoms with van der Waals surface area (Å²) in [6.07, 6.45) is 1.15. The largest absolute Gasteiger partial charge is 0.448 e. The number of nitrogens with zero attached hydrogens (tertiary/aromatic N) is 1. The first kappa shape index (κ1) is 9.60. The van der Waals surface area contributed by atoms with Crippen molar-refractivity contribution in [2.45, 2.75) is 11.7 Å². The van der Waals surface area contributed by atoms with Crippen molar-refractivity contribution in [3.05, 3.63) is 17.8 Å². The number of hydrogen-bond acceptors (Lipinski definition) is 5. The van der Waals surface area contributed by atoms with Gasteiger partial charge in [-0.2, -0.15) is 8.42 Å². The molecule has 0 spiro atoms. The summed E-state index contributed by atoms with van der Waals surface area (Å²) in [5.74, 6) is -0.103. The molecule has 0 radical (unpaired) electrons. The Morgan fingerprint density at radius 1 is 1.64 bits per heavy atom. The summed E-state index contributed by atoms with van der Waals surface area (Å²) in [6, 6.07) is 0. The summed E-state index contributed by atoms with van der Waals surface area (Å²) in [5.41, 5.74) is 0.180. The molecule has 0 aliphatic carbocycles. The third-order valence-corrected chi connectivity index (χ3v) is 2.75. The quantitative estimate of drug-likeness (QED) is 0.735. The average Bonchev–Trinajstić information content (AvgIpc) is 2.30. The Bertz CT molecular complexity index is 424. The second kappa shape index (κ2) is 3.32. The van der Waals surface area contributed by atoms with Crippen molar-refractivity contribution in [3.63, 3.8) is 0 Å². The molecule has 14 heavy (non-hydrogen) atoms. The molecule has 1 fully saturated rings. The summed E-state index contributed by atoms with van der Waals surface area (Å²) < 4.78 is 38.3. The molecule has 1 aliphatic rings. The van der Waals surface area contributed by atoms with E-state index < -0.39 is 16.0 Å². The van der Waals surface area contributed by atoms with Gasteiger partial charge in [0.1, 0.15) is 17.2 Å². The third-order valence-electron chi connectivity index (χ3n) is 2.13. The summed E-state index contributed by atoms with van der Waals surface area (Å²) >= 11 is 0. The first-order chi connectivity index (χ1) is 6.56. The number of hydrogen-bond donors (Lipinski definition) is 1. The van der Waals surface area contributed by atoms with Gasteiger partial charge in [0.05, 0.1) is 0 Å². The van der Waals surface area contributed by atoms with Crippen molar-refractivity contribution in [3.8, 4) is 0 Å². The van der Waals surface area contributed by atoms with Gasteiger partial charge in [-0.25, -0.2) is 4.98 Å². The summed E-state index contributed by atoms with van der Waals surface area (Å²) in [4.78, 5) is 3.69. The Labute approximate surface area is 80.5 Å². The van der Waals surface area contributed by atoms with Crippen LogP contribution < -0.4 is 5.32 Å². The Hall–Kier alpha value is -0.950. The van der Waals surface area contributed by atoms with Crippen LogP contribution in [0.2, 0.25) is 0 Å². The van der Waals surface area contributed by atoms with Crippen molar-refractivity contribution in [2.24, 2.45) is 0 Å². The molecule has 1 N–H and O–H groups in total. The smallest absolute Gasteiger partial charge is 0.308 e.